The SMILES string of the molecule is CC(C)C1CC(N[C@H](C)C2CCCC2)CCO1. The molecule has 0 aromatic carbocycles. The first-order valence-electron chi connectivity index (χ1n) is 7.54. The van der Waals surface area contributed by atoms with Crippen LogP contribution in [-0.2, 0) is 4.74 Å². The maximum atomic E-state index is 5.84. The zero-order valence-electron chi connectivity index (χ0n) is 11.7. The maximum Gasteiger partial charge on any atom is 0.0612 e. The molecule has 0 radical (unpaired) electrons. The quantitative estimate of drug-likeness (QED) is 0.812. The molecule has 100 valence electrons. The lowest BCUT2D eigenvalue weighted by Crippen LogP contribution is -2.46. The van der Waals surface area contributed by atoms with E-state index in [9.17, 15) is 0 Å². The second kappa shape index (κ2) is 6.19. The van der Waals surface area contributed by atoms with E-state index >= 15 is 0 Å². The smallest absolute Gasteiger partial charge is 0.0612 e. The van der Waals surface area contributed by atoms with E-state index in [0.29, 0.717) is 24.1 Å². The van der Waals surface area contributed by atoms with Gasteiger partial charge < -0.3 is 10.1 Å². The predicted molar refractivity (Wildman–Crippen MR) is 72.2 cm³/mol. The Bertz CT molecular complexity index is 223. The van der Waals surface area contributed by atoms with Crippen LogP contribution in [-0.4, -0.2) is 24.8 Å². The van der Waals surface area contributed by atoms with E-state index in [1.54, 1.807) is 0 Å². The first kappa shape index (κ1) is 13.4. The molecule has 3 atom stereocenters. The first-order chi connectivity index (χ1) is 8.16. The summed E-state index contributed by atoms with van der Waals surface area (Å²) in [5.41, 5.74) is 0. The van der Waals surface area contributed by atoms with Crippen molar-refractivity contribution in [1.82, 2.24) is 5.32 Å². The second-order valence-corrected chi connectivity index (χ2v) is 6.37. The van der Waals surface area contributed by atoms with Gasteiger partial charge in [0.15, 0.2) is 0 Å². The summed E-state index contributed by atoms with van der Waals surface area (Å²) < 4.78 is 5.84. The highest BCUT2D eigenvalue weighted by Gasteiger charge is 2.28. The highest BCUT2D eigenvalue weighted by molar-refractivity contribution is 4.84. The highest BCUT2D eigenvalue weighted by Crippen LogP contribution is 2.29. The van der Waals surface area contributed by atoms with Gasteiger partial charge in [-0.1, -0.05) is 26.7 Å². The van der Waals surface area contributed by atoms with Crippen LogP contribution < -0.4 is 5.32 Å². The van der Waals surface area contributed by atoms with Crippen molar-refractivity contribution in [3.63, 3.8) is 0 Å². The lowest BCUT2D eigenvalue weighted by Gasteiger charge is -2.35. The van der Waals surface area contributed by atoms with Crippen LogP contribution in [0.5, 0.6) is 0 Å². The van der Waals surface area contributed by atoms with Gasteiger partial charge >= 0.3 is 0 Å². The van der Waals surface area contributed by atoms with Gasteiger partial charge in [-0.2, -0.15) is 0 Å². The van der Waals surface area contributed by atoms with Crippen molar-refractivity contribution in [3.8, 4) is 0 Å². The molecular formula is C15H29NO. The van der Waals surface area contributed by atoms with Crippen LogP contribution >= 0.6 is 0 Å². The largest absolute Gasteiger partial charge is 0.378 e. The summed E-state index contributed by atoms with van der Waals surface area (Å²) in [6.07, 6.45) is 8.63. The van der Waals surface area contributed by atoms with Crippen molar-refractivity contribution in [2.24, 2.45) is 11.8 Å². The minimum atomic E-state index is 0.469. The zero-order valence-corrected chi connectivity index (χ0v) is 11.7. The minimum Gasteiger partial charge on any atom is -0.378 e. The van der Waals surface area contributed by atoms with Gasteiger partial charge in [-0.05, 0) is 44.4 Å². The summed E-state index contributed by atoms with van der Waals surface area (Å²) >= 11 is 0. The predicted octanol–water partition coefficient (Wildman–Crippen LogP) is 3.36. The Morgan fingerprint density at radius 2 is 1.76 bits per heavy atom. The summed E-state index contributed by atoms with van der Waals surface area (Å²) in [6, 6.07) is 1.39. The molecule has 0 aromatic heterocycles. The fourth-order valence-corrected chi connectivity index (χ4v) is 3.41. The van der Waals surface area contributed by atoms with Crippen LogP contribution in [0, 0.1) is 11.8 Å². The summed E-state index contributed by atoms with van der Waals surface area (Å²) in [6.45, 7) is 7.87. The molecule has 2 heteroatoms. The van der Waals surface area contributed by atoms with Gasteiger partial charge in [-0.3, -0.25) is 0 Å². The third-order valence-electron chi connectivity index (χ3n) is 4.66. The molecule has 1 heterocycles. The number of hydrogen-bond donors (Lipinski definition) is 1. The third-order valence-corrected chi connectivity index (χ3v) is 4.66. The Morgan fingerprint density at radius 3 is 2.41 bits per heavy atom. The van der Waals surface area contributed by atoms with E-state index < -0.39 is 0 Å². The maximum absolute atomic E-state index is 5.84. The van der Waals surface area contributed by atoms with Crippen LogP contribution in [0.1, 0.15) is 59.3 Å². The second-order valence-electron chi connectivity index (χ2n) is 6.37. The van der Waals surface area contributed by atoms with Crippen LogP contribution in [0.3, 0.4) is 0 Å². The Hall–Kier alpha value is -0.0800. The normalized spacial score (nSPS) is 33.2. The lowest BCUT2D eigenvalue weighted by atomic mass is 9.93. The molecule has 0 aromatic rings. The molecule has 2 rings (SSSR count). The fraction of sp³-hybridized carbons (Fsp3) is 1.00. The Kier molecular flexibility index (Phi) is 4.87. The van der Waals surface area contributed by atoms with Crippen molar-refractivity contribution in [2.45, 2.75) is 77.5 Å². The van der Waals surface area contributed by atoms with E-state index in [-0.39, 0.29) is 0 Å². The van der Waals surface area contributed by atoms with Crippen molar-refractivity contribution in [1.29, 1.82) is 0 Å². The fourth-order valence-electron chi connectivity index (χ4n) is 3.41. The molecule has 1 aliphatic heterocycles. The summed E-state index contributed by atoms with van der Waals surface area (Å²) in [4.78, 5) is 0. The van der Waals surface area contributed by atoms with Crippen molar-refractivity contribution in [3.05, 3.63) is 0 Å². The van der Waals surface area contributed by atoms with Gasteiger partial charge in [-0.15, -0.1) is 0 Å². The minimum absolute atomic E-state index is 0.469. The van der Waals surface area contributed by atoms with E-state index in [2.05, 4.69) is 26.1 Å². The van der Waals surface area contributed by atoms with Gasteiger partial charge in [0.2, 0.25) is 0 Å². The van der Waals surface area contributed by atoms with Crippen LogP contribution in [0.4, 0.5) is 0 Å². The molecular weight excluding hydrogens is 210 g/mol. The van der Waals surface area contributed by atoms with Gasteiger partial charge in [0, 0.05) is 18.7 Å². The molecule has 1 saturated heterocycles. The average Bonchev–Trinajstić information content (AvgIpc) is 2.82. The third kappa shape index (κ3) is 3.69. The molecule has 0 amide bonds. The summed E-state index contributed by atoms with van der Waals surface area (Å²) in [5, 5.41) is 3.87. The van der Waals surface area contributed by atoms with Crippen LogP contribution in [0.2, 0.25) is 0 Å². The Labute approximate surface area is 107 Å². The lowest BCUT2D eigenvalue weighted by molar-refractivity contribution is -0.0265. The Morgan fingerprint density at radius 1 is 1.06 bits per heavy atom. The molecule has 2 aliphatic rings. The average molecular weight is 239 g/mol. The molecule has 1 N–H and O–H groups in total. The number of nitrogens with one attached hydrogen (secondary N) is 1. The molecule has 2 nitrogen and oxygen atoms in total. The number of rotatable bonds is 4. The van der Waals surface area contributed by atoms with E-state index in [4.69, 9.17) is 4.74 Å². The molecule has 0 spiro atoms. The standard InChI is InChI=1S/C15H29NO/c1-11(2)15-10-14(8-9-17-15)16-12(3)13-6-4-5-7-13/h11-16H,4-10H2,1-3H3/t12-,14?,15?/m1/s1. The zero-order chi connectivity index (χ0) is 12.3. The molecule has 2 unspecified atom stereocenters. The number of ether oxygens (including phenoxy) is 1. The Balaban J connectivity index is 1.77. The van der Waals surface area contributed by atoms with E-state index in [1.165, 1.54) is 38.5 Å². The first-order valence-corrected chi connectivity index (χ1v) is 7.54. The van der Waals surface area contributed by atoms with Crippen molar-refractivity contribution >= 4 is 0 Å². The van der Waals surface area contributed by atoms with E-state index in [1.807, 2.05) is 0 Å². The molecule has 1 aliphatic carbocycles. The summed E-state index contributed by atoms with van der Waals surface area (Å²) in [5.74, 6) is 1.58. The number of hydrogen-bond acceptors (Lipinski definition) is 2. The van der Waals surface area contributed by atoms with Crippen LogP contribution in [0.15, 0.2) is 0 Å². The molecule has 1 saturated carbocycles. The summed E-state index contributed by atoms with van der Waals surface area (Å²) in [7, 11) is 0. The van der Waals surface area contributed by atoms with E-state index in [0.717, 1.165) is 12.5 Å². The highest BCUT2D eigenvalue weighted by atomic mass is 16.5. The monoisotopic (exact) mass is 239 g/mol. The van der Waals surface area contributed by atoms with Crippen molar-refractivity contribution in [2.75, 3.05) is 6.61 Å². The van der Waals surface area contributed by atoms with Gasteiger partial charge in [0.1, 0.15) is 0 Å². The van der Waals surface area contributed by atoms with Crippen molar-refractivity contribution < 1.29 is 4.74 Å². The molecule has 0 bridgehead atoms. The van der Waals surface area contributed by atoms with Gasteiger partial charge in [0.05, 0.1) is 6.10 Å². The molecule has 2 fully saturated rings. The van der Waals surface area contributed by atoms with Gasteiger partial charge in [-0.25, -0.2) is 0 Å². The molecule has 17 heavy (non-hydrogen) atoms. The van der Waals surface area contributed by atoms with Gasteiger partial charge in [0.25, 0.3) is 0 Å². The topological polar surface area (TPSA) is 21.3 Å². The van der Waals surface area contributed by atoms with Crippen LogP contribution in [0.25, 0.3) is 0 Å².